The Kier molecular flexibility index (Phi) is 3.82. The molecule has 0 amide bonds. The summed E-state index contributed by atoms with van der Waals surface area (Å²) < 4.78 is 1.82. The lowest BCUT2D eigenvalue weighted by Crippen LogP contribution is -2.25. The van der Waals surface area contributed by atoms with E-state index in [9.17, 15) is 5.11 Å². The molecule has 1 aliphatic rings. The number of nitrogens with two attached hydrogens (primary N) is 1. The van der Waals surface area contributed by atoms with Gasteiger partial charge >= 0.3 is 0 Å². The van der Waals surface area contributed by atoms with Gasteiger partial charge in [-0.1, -0.05) is 18.3 Å². The van der Waals surface area contributed by atoms with Crippen LogP contribution in [0.4, 0.5) is 5.95 Å². The summed E-state index contributed by atoms with van der Waals surface area (Å²) in [7, 11) is 0. The van der Waals surface area contributed by atoms with Crippen LogP contribution in [0.3, 0.4) is 0 Å². The Morgan fingerprint density at radius 1 is 1.28 bits per heavy atom. The molecule has 1 atom stereocenters. The number of aryl methyl sites for hydroxylation is 1. The lowest BCUT2D eigenvalue weighted by atomic mass is 9.81. The average Bonchev–Trinajstić information content (AvgIpc) is 2.86. The molecule has 1 aliphatic carbocycles. The molecule has 25 heavy (non-hydrogen) atoms. The Balaban J connectivity index is 1.75. The maximum absolute atomic E-state index is 10.1. The molecule has 0 bridgehead atoms. The molecule has 7 nitrogen and oxygen atoms in total. The van der Waals surface area contributed by atoms with Crippen LogP contribution < -0.4 is 5.73 Å². The minimum atomic E-state index is -0.556. The van der Waals surface area contributed by atoms with Gasteiger partial charge in [0.2, 0.25) is 11.9 Å². The average molecular weight is 334 g/mol. The third-order valence-electron chi connectivity index (χ3n) is 4.56. The van der Waals surface area contributed by atoms with E-state index in [0.717, 1.165) is 35.3 Å². The quantitative estimate of drug-likeness (QED) is 0.690. The van der Waals surface area contributed by atoms with Crippen molar-refractivity contribution in [2.45, 2.75) is 32.3 Å². The summed E-state index contributed by atoms with van der Waals surface area (Å²) in [5.74, 6) is 7.67. The topological polar surface area (TPSA) is 103 Å². The van der Waals surface area contributed by atoms with Crippen molar-refractivity contribution in [3.05, 3.63) is 35.9 Å². The minimum Gasteiger partial charge on any atom is -0.380 e. The summed E-state index contributed by atoms with van der Waals surface area (Å²) >= 11 is 0. The standard InChI is InChI=1S/C18H18N6O/c1-11-22-14-7-5-12(6-8-16(25)13-3-2-4-13)9-15(14)24(11)18-21-10-20-17(19)23-18/h5,7,9-10,13,16,25H,2-4H2,1H3,(H2,19,20,21,23). The summed E-state index contributed by atoms with van der Waals surface area (Å²) in [6.45, 7) is 1.88. The van der Waals surface area contributed by atoms with Crippen LogP contribution in [0.15, 0.2) is 24.5 Å². The number of rotatable bonds is 2. The van der Waals surface area contributed by atoms with Crippen LogP contribution in [0.25, 0.3) is 17.0 Å². The number of hydrogen-bond donors (Lipinski definition) is 2. The SMILES string of the molecule is Cc1nc2ccc(C#CC(O)C3CCC3)cc2n1-c1ncnc(N)n1. The third kappa shape index (κ3) is 2.92. The van der Waals surface area contributed by atoms with Crippen molar-refractivity contribution < 1.29 is 5.11 Å². The van der Waals surface area contributed by atoms with E-state index in [1.807, 2.05) is 29.7 Å². The summed E-state index contributed by atoms with van der Waals surface area (Å²) in [5, 5.41) is 10.1. The van der Waals surface area contributed by atoms with Gasteiger partial charge in [-0.05, 0) is 43.9 Å². The highest BCUT2D eigenvalue weighted by molar-refractivity contribution is 5.79. The minimum absolute atomic E-state index is 0.158. The summed E-state index contributed by atoms with van der Waals surface area (Å²) in [4.78, 5) is 16.7. The number of nitrogen functional groups attached to an aromatic ring is 1. The van der Waals surface area contributed by atoms with Crippen molar-refractivity contribution in [2.75, 3.05) is 5.73 Å². The van der Waals surface area contributed by atoms with Crippen molar-refractivity contribution in [1.29, 1.82) is 0 Å². The Morgan fingerprint density at radius 2 is 2.12 bits per heavy atom. The summed E-state index contributed by atoms with van der Waals surface area (Å²) in [6.07, 6.45) is 4.12. The fourth-order valence-electron chi connectivity index (χ4n) is 2.96. The molecule has 0 radical (unpaired) electrons. The predicted molar refractivity (Wildman–Crippen MR) is 93.8 cm³/mol. The second kappa shape index (κ2) is 6.15. The fourth-order valence-corrected chi connectivity index (χ4v) is 2.96. The number of fused-ring (bicyclic) bond motifs is 1. The largest absolute Gasteiger partial charge is 0.380 e. The smallest absolute Gasteiger partial charge is 0.240 e. The zero-order valence-electron chi connectivity index (χ0n) is 13.8. The molecule has 7 heteroatoms. The molecule has 3 aromatic rings. The van der Waals surface area contributed by atoms with Crippen molar-refractivity contribution in [3.63, 3.8) is 0 Å². The second-order valence-corrected chi connectivity index (χ2v) is 6.25. The number of imidazole rings is 1. The zero-order chi connectivity index (χ0) is 17.4. The molecule has 1 unspecified atom stereocenters. The highest BCUT2D eigenvalue weighted by Gasteiger charge is 2.23. The van der Waals surface area contributed by atoms with Crippen LogP contribution >= 0.6 is 0 Å². The Morgan fingerprint density at radius 3 is 2.84 bits per heavy atom. The molecule has 1 saturated carbocycles. The molecule has 0 aliphatic heterocycles. The van der Waals surface area contributed by atoms with E-state index < -0.39 is 6.10 Å². The monoisotopic (exact) mass is 334 g/mol. The first-order valence-electron chi connectivity index (χ1n) is 8.25. The van der Waals surface area contributed by atoms with Crippen LogP contribution in [0.1, 0.15) is 30.7 Å². The first-order valence-corrected chi connectivity index (χ1v) is 8.25. The number of anilines is 1. The van der Waals surface area contributed by atoms with Crippen LogP contribution in [0.5, 0.6) is 0 Å². The van der Waals surface area contributed by atoms with Crippen molar-refractivity contribution in [2.24, 2.45) is 5.92 Å². The van der Waals surface area contributed by atoms with Gasteiger partial charge in [0.15, 0.2) is 0 Å². The number of aliphatic hydroxyl groups excluding tert-OH is 1. The van der Waals surface area contributed by atoms with Gasteiger partial charge in [0, 0.05) is 5.56 Å². The van der Waals surface area contributed by atoms with Gasteiger partial charge in [0.05, 0.1) is 11.0 Å². The first kappa shape index (κ1) is 15.5. The molecule has 1 aromatic carbocycles. The lowest BCUT2D eigenvalue weighted by Gasteiger charge is -2.26. The van der Waals surface area contributed by atoms with Gasteiger partial charge in [-0.25, -0.2) is 15.0 Å². The van der Waals surface area contributed by atoms with Crippen LogP contribution in [-0.2, 0) is 0 Å². The molecular formula is C18H18N6O. The van der Waals surface area contributed by atoms with Crippen LogP contribution in [-0.4, -0.2) is 35.7 Å². The first-order chi connectivity index (χ1) is 12.1. The molecule has 2 heterocycles. The second-order valence-electron chi connectivity index (χ2n) is 6.25. The molecule has 1 fully saturated rings. The van der Waals surface area contributed by atoms with Gasteiger partial charge in [-0.2, -0.15) is 4.98 Å². The Bertz CT molecular complexity index is 996. The van der Waals surface area contributed by atoms with E-state index in [1.165, 1.54) is 12.7 Å². The third-order valence-corrected chi connectivity index (χ3v) is 4.56. The van der Waals surface area contributed by atoms with Crippen molar-refractivity contribution >= 4 is 17.0 Å². The van der Waals surface area contributed by atoms with Gasteiger partial charge < -0.3 is 10.8 Å². The highest BCUT2D eigenvalue weighted by Crippen LogP contribution is 2.29. The van der Waals surface area contributed by atoms with E-state index in [1.54, 1.807) is 0 Å². The van der Waals surface area contributed by atoms with E-state index in [2.05, 4.69) is 31.8 Å². The number of benzene rings is 1. The molecule has 0 spiro atoms. The van der Waals surface area contributed by atoms with Gasteiger partial charge in [0.25, 0.3) is 0 Å². The highest BCUT2D eigenvalue weighted by atomic mass is 16.3. The number of nitrogens with zero attached hydrogens (tertiary/aromatic N) is 5. The van der Waals surface area contributed by atoms with E-state index in [4.69, 9.17) is 5.73 Å². The van der Waals surface area contributed by atoms with Gasteiger partial charge in [0.1, 0.15) is 18.3 Å². The maximum atomic E-state index is 10.1. The van der Waals surface area contributed by atoms with Crippen molar-refractivity contribution in [3.8, 4) is 17.8 Å². The van der Waals surface area contributed by atoms with Gasteiger partial charge in [-0.3, -0.25) is 4.57 Å². The maximum Gasteiger partial charge on any atom is 0.240 e. The van der Waals surface area contributed by atoms with Crippen molar-refractivity contribution in [1.82, 2.24) is 24.5 Å². The molecular weight excluding hydrogens is 316 g/mol. The summed E-state index contributed by atoms with van der Waals surface area (Å²) in [5.41, 5.74) is 8.15. The molecule has 2 aromatic heterocycles. The van der Waals surface area contributed by atoms with E-state index >= 15 is 0 Å². The number of aliphatic hydroxyl groups is 1. The Labute approximate surface area is 145 Å². The van der Waals surface area contributed by atoms with E-state index in [0.29, 0.717) is 11.9 Å². The van der Waals surface area contributed by atoms with Gasteiger partial charge in [-0.15, -0.1) is 0 Å². The number of aromatic nitrogens is 5. The van der Waals surface area contributed by atoms with Crippen LogP contribution in [0.2, 0.25) is 0 Å². The Hall–Kier alpha value is -2.98. The zero-order valence-corrected chi connectivity index (χ0v) is 13.8. The fraction of sp³-hybridized carbons (Fsp3) is 0.333. The molecule has 0 saturated heterocycles. The molecule has 4 rings (SSSR count). The lowest BCUT2D eigenvalue weighted by molar-refractivity contribution is 0.108. The van der Waals surface area contributed by atoms with Crippen LogP contribution in [0, 0.1) is 24.7 Å². The van der Waals surface area contributed by atoms with E-state index in [-0.39, 0.29) is 5.95 Å². The number of hydrogen-bond acceptors (Lipinski definition) is 6. The normalized spacial score (nSPS) is 15.4. The summed E-state index contributed by atoms with van der Waals surface area (Å²) in [6, 6.07) is 5.74. The predicted octanol–water partition coefficient (Wildman–Crippen LogP) is 1.61. The molecule has 3 N–H and O–H groups in total. The molecule has 126 valence electrons.